The van der Waals surface area contributed by atoms with E-state index in [1.54, 1.807) is 0 Å². The molecular weight excluding hydrogens is 296 g/mol. The van der Waals surface area contributed by atoms with Gasteiger partial charge in [0.05, 0.1) is 6.61 Å². The Morgan fingerprint density at radius 2 is 2.35 bits per heavy atom. The molecule has 0 amide bonds. The van der Waals surface area contributed by atoms with Gasteiger partial charge in [0, 0.05) is 6.20 Å². The normalized spacial score (nSPS) is 26.9. The van der Waals surface area contributed by atoms with E-state index < -0.39 is 38.1 Å². The fourth-order valence-corrected chi connectivity index (χ4v) is 2.13. The number of hydrogen-bond acceptors (Lipinski definition) is 6. The number of aromatic nitrogens is 2. The third-order valence-corrected chi connectivity index (χ3v) is 3.13. The highest BCUT2D eigenvalue weighted by Crippen LogP contribution is 2.36. The molecule has 11 heteroatoms. The van der Waals surface area contributed by atoms with E-state index >= 15 is 0 Å². The lowest BCUT2D eigenvalue weighted by Gasteiger charge is -2.17. The first-order valence-corrected chi connectivity index (χ1v) is 7.34. The van der Waals surface area contributed by atoms with Crippen LogP contribution in [0.15, 0.2) is 17.1 Å². The van der Waals surface area contributed by atoms with Crippen LogP contribution in [0.5, 0.6) is 0 Å². The Bertz CT molecular complexity index is 589. The molecule has 3 unspecified atom stereocenters. The zero-order valence-electron chi connectivity index (χ0n) is 10.1. The van der Waals surface area contributed by atoms with Crippen molar-refractivity contribution in [2.24, 2.45) is 0 Å². The largest absolute Gasteiger partial charge is 0.383 e. The summed E-state index contributed by atoms with van der Waals surface area (Å²) in [6.07, 6.45) is -3.88. The van der Waals surface area contributed by atoms with E-state index in [2.05, 4.69) is 4.98 Å². The molecule has 2 rings (SSSR count). The van der Waals surface area contributed by atoms with Crippen LogP contribution in [0, 0.1) is 0 Å². The van der Waals surface area contributed by atoms with Crippen LogP contribution >= 0.6 is 7.60 Å². The lowest BCUT2D eigenvalue weighted by Crippen LogP contribution is -2.33. The standard InChI is InChI=1S/C9H13FN3O6P/c10-7-5(19-4-20(15,16)17)3-18-8(7)13-2-1-6(11)12-9(13)14/h1-2,5,7-8H,3-4H2,(H2,11,12,14)(H2,15,16,17). The third kappa shape index (κ3) is 3.41. The Morgan fingerprint density at radius 3 is 2.95 bits per heavy atom. The molecule has 9 nitrogen and oxygen atoms in total. The van der Waals surface area contributed by atoms with Crippen LogP contribution in [0.3, 0.4) is 0 Å². The molecule has 0 aliphatic carbocycles. The molecule has 0 radical (unpaired) electrons. The number of nitrogen functional groups attached to an aromatic ring is 1. The number of nitrogens with zero attached hydrogens (tertiary/aromatic N) is 2. The second kappa shape index (κ2) is 5.58. The summed E-state index contributed by atoms with van der Waals surface area (Å²) in [5, 5.41) is 0. The van der Waals surface area contributed by atoms with Gasteiger partial charge in [-0.25, -0.2) is 9.18 Å². The Kier molecular flexibility index (Phi) is 4.21. The van der Waals surface area contributed by atoms with Crippen molar-refractivity contribution in [1.82, 2.24) is 9.55 Å². The summed E-state index contributed by atoms with van der Waals surface area (Å²) < 4.78 is 35.5. The van der Waals surface area contributed by atoms with Gasteiger partial charge in [0.25, 0.3) is 0 Å². The molecule has 4 N–H and O–H groups in total. The van der Waals surface area contributed by atoms with Gasteiger partial charge in [-0.1, -0.05) is 0 Å². The highest BCUT2D eigenvalue weighted by molar-refractivity contribution is 7.51. The maximum atomic E-state index is 14.1. The maximum absolute atomic E-state index is 14.1. The molecule has 1 saturated heterocycles. The molecule has 1 aromatic heterocycles. The van der Waals surface area contributed by atoms with Crippen LogP contribution in [0.1, 0.15) is 6.23 Å². The fraction of sp³-hybridized carbons (Fsp3) is 0.556. The average molecular weight is 309 g/mol. The van der Waals surface area contributed by atoms with E-state index in [-0.39, 0.29) is 12.4 Å². The molecule has 112 valence electrons. The van der Waals surface area contributed by atoms with Gasteiger partial charge in [-0.3, -0.25) is 9.13 Å². The number of ether oxygens (including phenoxy) is 2. The topological polar surface area (TPSA) is 137 Å². The number of nitrogens with two attached hydrogens (primary N) is 1. The van der Waals surface area contributed by atoms with E-state index in [0.717, 1.165) is 4.57 Å². The zero-order chi connectivity index (χ0) is 14.9. The van der Waals surface area contributed by atoms with Gasteiger partial charge in [-0.05, 0) is 6.07 Å². The van der Waals surface area contributed by atoms with E-state index in [4.69, 9.17) is 25.0 Å². The maximum Gasteiger partial charge on any atom is 0.351 e. The van der Waals surface area contributed by atoms with Gasteiger partial charge >= 0.3 is 13.3 Å². The van der Waals surface area contributed by atoms with Gasteiger partial charge in [0.1, 0.15) is 18.3 Å². The number of halogens is 1. The van der Waals surface area contributed by atoms with Crippen molar-refractivity contribution >= 4 is 13.4 Å². The minimum atomic E-state index is -4.39. The van der Waals surface area contributed by atoms with Gasteiger partial charge in [0.2, 0.25) is 0 Å². The predicted octanol–water partition coefficient (Wildman–Crippen LogP) is -0.787. The molecule has 0 aromatic carbocycles. The molecule has 3 atom stereocenters. The number of alkyl halides is 1. The Labute approximate surface area is 112 Å². The second-order valence-electron chi connectivity index (χ2n) is 4.21. The molecule has 20 heavy (non-hydrogen) atoms. The first-order valence-electron chi connectivity index (χ1n) is 5.54. The van der Waals surface area contributed by atoms with Gasteiger partial charge in [-0.15, -0.1) is 0 Å². The molecule has 0 bridgehead atoms. The summed E-state index contributed by atoms with van der Waals surface area (Å²) in [6.45, 7) is -0.233. The first-order chi connectivity index (χ1) is 9.28. The van der Waals surface area contributed by atoms with Crippen LogP contribution in [-0.4, -0.2) is 44.6 Å². The molecule has 1 aromatic rings. The highest BCUT2D eigenvalue weighted by atomic mass is 31.2. The summed E-state index contributed by atoms with van der Waals surface area (Å²) in [7, 11) is -4.39. The van der Waals surface area contributed by atoms with Crippen molar-refractivity contribution in [3.05, 3.63) is 22.7 Å². The molecule has 0 saturated carbocycles. The van der Waals surface area contributed by atoms with Gasteiger partial charge in [-0.2, -0.15) is 4.98 Å². The average Bonchev–Trinajstić information content (AvgIpc) is 2.67. The van der Waals surface area contributed by atoms with Crippen LogP contribution in [-0.2, 0) is 14.0 Å². The zero-order valence-corrected chi connectivity index (χ0v) is 11.0. The second-order valence-corrected chi connectivity index (χ2v) is 5.80. The minimum absolute atomic E-state index is 0.00560. The van der Waals surface area contributed by atoms with Crippen LogP contribution < -0.4 is 11.4 Å². The first kappa shape index (κ1) is 15.1. The number of anilines is 1. The SMILES string of the molecule is Nc1ccn(C2OCC(OCP(=O)(O)O)C2F)c(=O)n1. The minimum Gasteiger partial charge on any atom is -0.383 e. The smallest absolute Gasteiger partial charge is 0.351 e. The summed E-state index contributed by atoms with van der Waals surface area (Å²) in [5.41, 5.74) is 4.53. The molecule has 1 fully saturated rings. The molecule has 0 spiro atoms. The highest BCUT2D eigenvalue weighted by Gasteiger charge is 2.41. The monoisotopic (exact) mass is 309 g/mol. The molecule has 1 aliphatic rings. The van der Waals surface area contributed by atoms with Crippen LogP contribution in [0.4, 0.5) is 10.2 Å². The van der Waals surface area contributed by atoms with E-state index in [0.29, 0.717) is 0 Å². The fourth-order valence-electron chi connectivity index (χ4n) is 1.75. The summed E-state index contributed by atoms with van der Waals surface area (Å²) in [5.74, 6) is -0.00560. The number of hydrogen-bond donors (Lipinski definition) is 3. The Balaban J connectivity index is 2.09. The lowest BCUT2D eigenvalue weighted by atomic mass is 10.2. The van der Waals surface area contributed by atoms with E-state index in [1.165, 1.54) is 12.3 Å². The van der Waals surface area contributed by atoms with Crippen LogP contribution in [0.25, 0.3) is 0 Å². The Hall–Kier alpha value is -1.32. The Morgan fingerprint density at radius 1 is 1.65 bits per heavy atom. The summed E-state index contributed by atoms with van der Waals surface area (Å²) >= 11 is 0. The van der Waals surface area contributed by atoms with Gasteiger partial charge in [0.15, 0.2) is 12.4 Å². The summed E-state index contributed by atoms with van der Waals surface area (Å²) in [6, 6.07) is 1.31. The van der Waals surface area contributed by atoms with Crippen LogP contribution in [0.2, 0.25) is 0 Å². The molecule has 2 heterocycles. The summed E-state index contributed by atoms with van der Waals surface area (Å²) in [4.78, 5) is 32.3. The lowest BCUT2D eigenvalue weighted by molar-refractivity contribution is 0.0152. The quantitative estimate of drug-likeness (QED) is 0.616. The predicted molar refractivity (Wildman–Crippen MR) is 64.6 cm³/mol. The van der Waals surface area contributed by atoms with Crippen molar-refractivity contribution in [2.45, 2.75) is 18.5 Å². The van der Waals surface area contributed by atoms with Crippen molar-refractivity contribution in [3.8, 4) is 0 Å². The van der Waals surface area contributed by atoms with Gasteiger partial charge < -0.3 is 25.0 Å². The van der Waals surface area contributed by atoms with E-state index in [9.17, 15) is 13.8 Å². The van der Waals surface area contributed by atoms with Crippen molar-refractivity contribution in [1.29, 1.82) is 0 Å². The number of rotatable bonds is 4. The van der Waals surface area contributed by atoms with E-state index in [1.807, 2.05) is 0 Å². The van der Waals surface area contributed by atoms with Crippen molar-refractivity contribution in [3.63, 3.8) is 0 Å². The molecule has 1 aliphatic heterocycles. The molecular formula is C9H13FN3O6P. The van der Waals surface area contributed by atoms with Crippen molar-refractivity contribution in [2.75, 3.05) is 18.7 Å². The van der Waals surface area contributed by atoms with Crippen molar-refractivity contribution < 1.29 is 28.2 Å². The third-order valence-electron chi connectivity index (χ3n) is 2.64.